The van der Waals surface area contributed by atoms with Gasteiger partial charge >= 0.3 is 0 Å². The number of nitrogens with zero attached hydrogens (tertiary/aromatic N) is 4. The molecule has 1 aliphatic heterocycles. The molecule has 0 unspecified atom stereocenters. The minimum absolute atomic E-state index is 0.193. The lowest BCUT2D eigenvalue weighted by Crippen LogP contribution is -2.30. The van der Waals surface area contributed by atoms with E-state index in [2.05, 4.69) is 34.0 Å². The second-order valence-corrected chi connectivity index (χ2v) is 5.99. The van der Waals surface area contributed by atoms with E-state index in [-0.39, 0.29) is 5.82 Å². The number of anilines is 1. The van der Waals surface area contributed by atoms with Gasteiger partial charge in [-0.15, -0.1) is 0 Å². The third-order valence-corrected chi connectivity index (χ3v) is 4.50. The molecule has 5 heteroatoms. The molecule has 0 atom stereocenters. The van der Waals surface area contributed by atoms with Crippen LogP contribution >= 0.6 is 0 Å². The highest BCUT2D eigenvalue weighted by Crippen LogP contribution is 2.26. The maximum atomic E-state index is 13.1. The van der Waals surface area contributed by atoms with Gasteiger partial charge in [-0.3, -0.25) is 0 Å². The van der Waals surface area contributed by atoms with Crippen molar-refractivity contribution in [3.8, 4) is 0 Å². The van der Waals surface area contributed by atoms with Crippen LogP contribution in [0.3, 0.4) is 0 Å². The average Bonchev–Trinajstić information content (AvgIpc) is 3.10. The first-order valence-electron chi connectivity index (χ1n) is 8.28. The lowest BCUT2D eigenvalue weighted by atomic mass is 9.99. The first kappa shape index (κ1) is 14.9. The molecular weight excluding hydrogens is 303 g/mol. The van der Waals surface area contributed by atoms with Gasteiger partial charge in [0.25, 0.3) is 0 Å². The van der Waals surface area contributed by atoms with Crippen molar-refractivity contribution in [1.82, 2.24) is 14.6 Å². The highest BCUT2D eigenvalue weighted by molar-refractivity contribution is 5.68. The molecule has 2 aromatic heterocycles. The Kier molecular flexibility index (Phi) is 3.76. The molecule has 122 valence electrons. The normalized spacial score (nSPS) is 14.9. The molecule has 0 radical (unpaired) electrons. The number of aromatic nitrogens is 3. The van der Waals surface area contributed by atoms with E-state index < -0.39 is 0 Å². The van der Waals surface area contributed by atoms with Crippen LogP contribution in [-0.4, -0.2) is 27.7 Å². The van der Waals surface area contributed by atoms with Gasteiger partial charge in [-0.05, 0) is 36.1 Å². The van der Waals surface area contributed by atoms with Gasteiger partial charge in [-0.1, -0.05) is 25.1 Å². The first-order chi connectivity index (χ1) is 11.7. The van der Waals surface area contributed by atoms with Gasteiger partial charge in [0.2, 0.25) is 0 Å². The van der Waals surface area contributed by atoms with Crippen molar-refractivity contribution in [3.05, 3.63) is 65.7 Å². The predicted octanol–water partition coefficient (Wildman–Crippen LogP) is 3.72. The molecule has 0 saturated heterocycles. The van der Waals surface area contributed by atoms with Crippen molar-refractivity contribution in [2.24, 2.45) is 0 Å². The Morgan fingerprint density at radius 2 is 2.00 bits per heavy atom. The smallest absolute Gasteiger partial charge is 0.157 e. The van der Waals surface area contributed by atoms with Crippen molar-refractivity contribution >= 4 is 17.0 Å². The fourth-order valence-electron chi connectivity index (χ4n) is 3.16. The number of hydrogen-bond donors (Lipinski definition) is 0. The van der Waals surface area contributed by atoms with E-state index in [0.29, 0.717) is 0 Å². The van der Waals surface area contributed by atoms with Crippen LogP contribution in [0.1, 0.15) is 24.6 Å². The number of aryl methyl sites for hydroxylation is 1. The van der Waals surface area contributed by atoms with E-state index in [1.165, 1.54) is 17.7 Å². The van der Waals surface area contributed by atoms with Gasteiger partial charge in [-0.25, -0.2) is 9.37 Å². The van der Waals surface area contributed by atoms with Crippen LogP contribution < -0.4 is 4.90 Å². The quantitative estimate of drug-likeness (QED) is 0.737. The highest BCUT2D eigenvalue weighted by Gasteiger charge is 2.17. The standard InChI is InChI=1S/C19H19FN4/c1-2-17-13-19(24-18(22-17)7-10-21-24)23-11-8-15(9-12-23)14-3-5-16(20)6-4-14/h3-8,10,13H,2,9,11-12H2,1H3. The third kappa shape index (κ3) is 2.66. The summed E-state index contributed by atoms with van der Waals surface area (Å²) in [5, 5.41) is 4.41. The van der Waals surface area contributed by atoms with Crippen LogP contribution in [-0.2, 0) is 6.42 Å². The number of hydrogen-bond acceptors (Lipinski definition) is 3. The van der Waals surface area contributed by atoms with Crippen molar-refractivity contribution < 1.29 is 4.39 Å². The Bertz CT molecular complexity index is 895. The van der Waals surface area contributed by atoms with Gasteiger partial charge in [0.15, 0.2) is 5.65 Å². The molecule has 0 saturated carbocycles. The minimum atomic E-state index is -0.193. The summed E-state index contributed by atoms with van der Waals surface area (Å²) >= 11 is 0. The van der Waals surface area contributed by atoms with Gasteiger partial charge in [0.05, 0.1) is 6.20 Å². The zero-order valence-electron chi connectivity index (χ0n) is 13.6. The second kappa shape index (κ2) is 6.07. The van der Waals surface area contributed by atoms with Crippen LogP contribution in [0.15, 0.2) is 48.7 Å². The van der Waals surface area contributed by atoms with Crippen molar-refractivity contribution in [2.75, 3.05) is 18.0 Å². The maximum Gasteiger partial charge on any atom is 0.157 e. The Labute approximate surface area is 140 Å². The molecule has 3 heterocycles. The summed E-state index contributed by atoms with van der Waals surface area (Å²) in [4.78, 5) is 6.92. The van der Waals surface area contributed by atoms with Gasteiger partial charge in [-0.2, -0.15) is 9.61 Å². The van der Waals surface area contributed by atoms with Crippen LogP contribution in [0, 0.1) is 5.82 Å². The molecule has 24 heavy (non-hydrogen) atoms. The lowest BCUT2D eigenvalue weighted by Gasteiger charge is -2.29. The minimum Gasteiger partial charge on any atom is -0.352 e. The fourth-order valence-corrected chi connectivity index (χ4v) is 3.16. The van der Waals surface area contributed by atoms with Crippen LogP contribution in [0.5, 0.6) is 0 Å². The third-order valence-electron chi connectivity index (χ3n) is 4.50. The fraction of sp³-hybridized carbons (Fsp3) is 0.263. The van der Waals surface area contributed by atoms with Crippen LogP contribution in [0.25, 0.3) is 11.2 Å². The molecule has 0 aliphatic carbocycles. The number of rotatable bonds is 3. The van der Waals surface area contributed by atoms with Crippen LogP contribution in [0.4, 0.5) is 10.2 Å². The van der Waals surface area contributed by atoms with E-state index in [0.717, 1.165) is 48.7 Å². The van der Waals surface area contributed by atoms with E-state index >= 15 is 0 Å². The summed E-state index contributed by atoms with van der Waals surface area (Å²) in [7, 11) is 0. The van der Waals surface area contributed by atoms with Gasteiger partial charge < -0.3 is 4.90 Å². The molecule has 4 nitrogen and oxygen atoms in total. The Hall–Kier alpha value is -2.69. The molecule has 4 rings (SSSR count). The number of benzene rings is 1. The zero-order chi connectivity index (χ0) is 16.5. The summed E-state index contributed by atoms with van der Waals surface area (Å²) in [6.45, 7) is 3.84. The molecular formula is C19H19FN4. The summed E-state index contributed by atoms with van der Waals surface area (Å²) in [5.41, 5.74) is 4.33. The summed E-state index contributed by atoms with van der Waals surface area (Å²) in [6, 6.07) is 10.8. The molecule has 3 aromatic rings. The molecule has 0 bridgehead atoms. The maximum absolute atomic E-state index is 13.1. The predicted molar refractivity (Wildman–Crippen MR) is 93.6 cm³/mol. The molecule has 1 aromatic carbocycles. The zero-order valence-corrected chi connectivity index (χ0v) is 13.6. The molecule has 0 N–H and O–H groups in total. The van der Waals surface area contributed by atoms with E-state index in [1.54, 1.807) is 6.20 Å². The van der Waals surface area contributed by atoms with E-state index in [4.69, 9.17) is 0 Å². The van der Waals surface area contributed by atoms with Gasteiger partial charge in [0, 0.05) is 30.9 Å². The first-order valence-corrected chi connectivity index (χ1v) is 8.28. The SMILES string of the molecule is CCc1cc(N2CC=C(c3ccc(F)cc3)CC2)n2nccc2n1. The lowest BCUT2D eigenvalue weighted by molar-refractivity contribution is 0.627. The summed E-state index contributed by atoms with van der Waals surface area (Å²) in [5.74, 6) is 0.887. The highest BCUT2D eigenvalue weighted by atomic mass is 19.1. The number of fused-ring (bicyclic) bond motifs is 1. The van der Waals surface area contributed by atoms with Crippen LogP contribution in [0.2, 0.25) is 0 Å². The van der Waals surface area contributed by atoms with Gasteiger partial charge in [0.1, 0.15) is 11.6 Å². The topological polar surface area (TPSA) is 33.4 Å². The Morgan fingerprint density at radius 3 is 2.71 bits per heavy atom. The monoisotopic (exact) mass is 322 g/mol. The van der Waals surface area contributed by atoms with Crippen molar-refractivity contribution in [3.63, 3.8) is 0 Å². The molecule has 1 aliphatic rings. The largest absolute Gasteiger partial charge is 0.352 e. The Balaban J connectivity index is 1.63. The van der Waals surface area contributed by atoms with E-state index in [1.807, 2.05) is 22.7 Å². The summed E-state index contributed by atoms with van der Waals surface area (Å²) in [6.07, 6.45) is 5.84. The summed E-state index contributed by atoms with van der Waals surface area (Å²) < 4.78 is 15.0. The molecule has 0 spiro atoms. The number of halogens is 1. The van der Waals surface area contributed by atoms with Crippen molar-refractivity contribution in [2.45, 2.75) is 19.8 Å². The average molecular weight is 322 g/mol. The molecule has 0 amide bonds. The van der Waals surface area contributed by atoms with Crippen molar-refractivity contribution in [1.29, 1.82) is 0 Å². The Morgan fingerprint density at radius 1 is 1.17 bits per heavy atom. The van der Waals surface area contributed by atoms with E-state index in [9.17, 15) is 4.39 Å². The molecule has 0 fully saturated rings. The second-order valence-electron chi connectivity index (χ2n) is 5.99.